The summed E-state index contributed by atoms with van der Waals surface area (Å²) >= 11 is 2.71. The zero-order chi connectivity index (χ0) is 11.4. The van der Waals surface area contributed by atoms with E-state index in [0.717, 1.165) is 4.34 Å². The van der Waals surface area contributed by atoms with Gasteiger partial charge in [0.25, 0.3) is 0 Å². The van der Waals surface area contributed by atoms with Crippen LogP contribution in [0.2, 0.25) is 0 Å². The molecule has 0 unspecified atom stereocenters. The Morgan fingerprint density at radius 2 is 2.38 bits per heavy atom. The van der Waals surface area contributed by atoms with E-state index in [1.807, 2.05) is 6.07 Å². The van der Waals surface area contributed by atoms with Crippen LogP contribution in [0.5, 0.6) is 0 Å². The van der Waals surface area contributed by atoms with Crippen LogP contribution in [0, 0.1) is 17.1 Å². The van der Waals surface area contributed by atoms with Gasteiger partial charge in [-0.1, -0.05) is 17.8 Å². The molecule has 0 saturated heterocycles. The molecule has 0 amide bonds. The van der Waals surface area contributed by atoms with E-state index in [1.165, 1.54) is 35.7 Å². The summed E-state index contributed by atoms with van der Waals surface area (Å²) in [6, 6.07) is 6.38. The normalized spacial score (nSPS) is 10.0. The van der Waals surface area contributed by atoms with Crippen LogP contribution in [0.15, 0.2) is 28.9 Å². The fourth-order valence-corrected chi connectivity index (χ4v) is 2.53. The fourth-order valence-electron chi connectivity index (χ4n) is 1.10. The Labute approximate surface area is 100 Å². The summed E-state index contributed by atoms with van der Waals surface area (Å²) in [4.78, 5) is 3.99. The first-order valence-corrected chi connectivity index (χ1v) is 6.13. The predicted octanol–water partition coefficient (Wildman–Crippen LogP) is 2.84. The lowest BCUT2D eigenvalue weighted by Crippen LogP contribution is -1.88. The van der Waals surface area contributed by atoms with Gasteiger partial charge in [0.1, 0.15) is 12.1 Å². The number of hydrogen-bond donors (Lipinski definition) is 0. The molecule has 3 nitrogen and oxygen atoms in total. The summed E-state index contributed by atoms with van der Waals surface area (Å²) in [5, 5.41) is 8.59. The molecule has 0 N–H and O–H groups in total. The van der Waals surface area contributed by atoms with E-state index < -0.39 is 0 Å². The molecule has 0 fully saturated rings. The minimum atomic E-state index is -0.351. The Morgan fingerprint density at radius 3 is 3.00 bits per heavy atom. The fraction of sp³-hybridized carbons (Fsp3) is 0.100. The molecule has 80 valence electrons. The van der Waals surface area contributed by atoms with Gasteiger partial charge in [-0.05, 0) is 29.2 Å². The molecule has 1 aromatic carbocycles. The van der Waals surface area contributed by atoms with Gasteiger partial charge in [0.15, 0.2) is 4.34 Å². The minimum Gasteiger partial charge on any atom is -0.216 e. The molecule has 1 aromatic heterocycles. The van der Waals surface area contributed by atoms with Crippen LogP contribution in [0.3, 0.4) is 0 Å². The van der Waals surface area contributed by atoms with Crippen LogP contribution >= 0.6 is 23.3 Å². The number of nitriles is 1. The summed E-state index contributed by atoms with van der Waals surface area (Å²) in [7, 11) is 0. The van der Waals surface area contributed by atoms with Crippen molar-refractivity contribution in [3.8, 4) is 6.07 Å². The lowest BCUT2D eigenvalue weighted by atomic mass is 10.1. The van der Waals surface area contributed by atoms with Gasteiger partial charge >= 0.3 is 0 Å². The van der Waals surface area contributed by atoms with Gasteiger partial charge in [-0.3, -0.25) is 0 Å². The number of thioether (sulfide) groups is 1. The van der Waals surface area contributed by atoms with E-state index in [1.54, 1.807) is 12.1 Å². The van der Waals surface area contributed by atoms with Crippen molar-refractivity contribution in [2.45, 2.75) is 10.1 Å². The second-order valence-electron chi connectivity index (χ2n) is 2.91. The first kappa shape index (κ1) is 11.0. The monoisotopic (exact) mass is 251 g/mol. The summed E-state index contributed by atoms with van der Waals surface area (Å²) in [5.74, 6) is 0.142. The molecule has 0 bridgehead atoms. The van der Waals surface area contributed by atoms with Crippen LogP contribution in [-0.2, 0) is 5.75 Å². The molecular formula is C10H6FN3S2. The average molecular weight is 251 g/mol. The first-order chi connectivity index (χ1) is 7.79. The third-order valence-electron chi connectivity index (χ3n) is 1.87. The van der Waals surface area contributed by atoms with E-state index in [9.17, 15) is 4.39 Å². The molecule has 0 spiro atoms. The van der Waals surface area contributed by atoms with Crippen molar-refractivity contribution in [3.05, 3.63) is 41.5 Å². The van der Waals surface area contributed by atoms with Crippen molar-refractivity contribution < 1.29 is 4.39 Å². The smallest absolute Gasteiger partial charge is 0.170 e. The van der Waals surface area contributed by atoms with Gasteiger partial charge in [-0.2, -0.15) is 9.64 Å². The second-order valence-corrected chi connectivity index (χ2v) is 4.92. The number of aromatic nitrogens is 2. The zero-order valence-corrected chi connectivity index (χ0v) is 9.69. The van der Waals surface area contributed by atoms with Crippen LogP contribution < -0.4 is 0 Å². The Morgan fingerprint density at radius 1 is 1.50 bits per heavy atom. The summed E-state index contributed by atoms with van der Waals surface area (Å²) in [5.41, 5.74) is 0.904. The van der Waals surface area contributed by atoms with Crippen molar-refractivity contribution in [2.24, 2.45) is 0 Å². The highest BCUT2D eigenvalue weighted by atomic mass is 32.2. The van der Waals surface area contributed by atoms with Crippen molar-refractivity contribution in [3.63, 3.8) is 0 Å². The van der Waals surface area contributed by atoms with E-state index in [4.69, 9.17) is 5.26 Å². The van der Waals surface area contributed by atoms with Gasteiger partial charge in [-0.25, -0.2) is 9.37 Å². The van der Waals surface area contributed by atoms with Crippen molar-refractivity contribution in [2.75, 3.05) is 0 Å². The average Bonchev–Trinajstić information content (AvgIpc) is 2.80. The highest BCUT2D eigenvalue weighted by Gasteiger charge is 2.05. The first-order valence-electron chi connectivity index (χ1n) is 4.37. The third-order valence-corrected chi connectivity index (χ3v) is 3.72. The topological polar surface area (TPSA) is 49.6 Å². The molecule has 2 aromatic rings. The zero-order valence-electron chi connectivity index (χ0n) is 8.05. The molecule has 0 saturated carbocycles. The van der Waals surface area contributed by atoms with Crippen molar-refractivity contribution in [1.82, 2.24) is 9.36 Å². The van der Waals surface area contributed by atoms with E-state index in [-0.39, 0.29) is 5.82 Å². The molecule has 0 radical (unpaired) electrons. The Hall–Kier alpha value is -1.45. The molecule has 1 heterocycles. The Kier molecular flexibility index (Phi) is 3.49. The van der Waals surface area contributed by atoms with Gasteiger partial charge in [0.2, 0.25) is 0 Å². The van der Waals surface area contributed by atoms with Gasteiger partial charge in [0, 0.05) is 5.75 Å². The van der Waals surface area contributed by atoms with Crippen molar-refractivity contribution >= 4 is 23.3 Å². The number of nitrogens with zero attached hydrogens (tertiary/aromatic N) is 3. The van der Waals surface area contributed by atoms with Crippen LogP contribution in [0.1, 0.15) is 11.1 Å². The lowest BCUT2D eigenvalue weighted by molar-refractivity contribution is 0.617. The van der Waals surface area contributed by atoms with Gasteiger partial charge in [-0.15, -0.1) is 0 Å². The molecule has 0 aliphatic heterocycles. The van der Waals surface area contributed by atoms with Crippen LogP contribution in [-0.4, -0.2) is 9.36 Å². The predicted molar refractivity (Wildman–Crippen MR) is 60.6 cm³/mol. The standard InChI is InChI=1S/C10H6FN3S2/c11-9-3-7(4-12)1-2-8(9)5-15-10-13-6-14-16-10/h1-3,6H,5H2. The summed E-state index contributed by atoms with van der Waals surface area (Å²) in [6.07, 6.45) is 1.47. The Bertz CT molecular complexity index is 519. The van der Waals surface area contributed by atoms with Gasteiger partial charge in [0.05, 0.1) is 11.6 Å². The minimum absolute atomic E-state index is 0.335. The molecule has 0 aliphatic carbocycles. The largest absolute Gasteiger partial charge is 0.216 e. The van der Waals surface area contributed by atoms with E-state index in [2.05, 4.69) is 9.36 Å². The van der Waals surface area contributed by atoms with Crippen LogP contribution in [0.25, 0.3) is 0 Å². The lowest BCUT2D eigenvalue weighted by Gasteiger charge is -2.00. The molecule has 0 atom stereocenters. The number of hydrogen-bond acceptors (Lipinski definition) is 5. The summed E-state index contributed by atoms with van der Waals surface area (Å²) in [6.45, 7) is 0. The maximum atomic E-state index is 13.5. The molecule has 2 rings (SSSR count). The molecule has 0 aliphatic rings. The Balaban J connectivity index is 2.08. The quantitative estimate of drug-likeness (QED) is 0.787. The summed E-state index contributed by atoms with van der Waals surface area (Å²) < 4.78 is 18.1. The van der Waals surface area contributed by atoms with Gasteiger partial charge < -0.3 is 0 Å². The van der Waals surface area contributed by atoms with Crippen LogP contribution in [0.4, 0.5) is 4.39 Å². The number of benzene rings is 1. The second kappa shape index (κ2) is 5.05. The van der Waals surface area contributed by atoms with Crippen molar-refractivity contribution in [1.29, 1.82) is 5.26 Å². The van der Waals surface area contributed by atoms with E-state index >= 15 is 0 Å². The number of halogens is 1. The number of rotatable bonds is 3. The highest BCUT2D eigenvalue weighted by Crippen LogP contribution is 2.24. The molecule has 16 heavy (non-hydrogen) atoms. The van der Waals surface area contributed by atoms with E-state index in [0.29, 0.717) is 16.9 Å². The maximum Gasteiger partial charge on any atom is 0.170 e. The molecule has 6 heteroatoms. The maximum absolute atomic E-state index is 13.5. The highest BCUT2D eigenvalue weighted by molar-refractivity contribution is 8.00. The third kappa shape index (κ3) is 2.56. The SMILES string of the molecule is N#Cc1ccc(CSc2ncns2)c(F)c1. The molecular weight excluding hydrogens is 245 g/mol.